The van der Waals surface area contributed by atoms with Crippen LogP contribution in [-0.4, -0.2) is 16.0 Å². The lowest BCUT2D eigenvalue weighted by Gasteiger charge is -1.91. The highest BCUT2D eigenvalue weighted by molar-refractivity contribution is 7.18. The summed E-state index contributed by atoms with van der Waals surface area (Å²) >= 11 is 1.42. The maximum atomic E-state index is 5.46. The maximum Gasteiger partial charge on any atom is 0.233 e. The van der Waals surface area contributed by atoms with Crippen molar-refractivity contribution in [1.29, 1.82) is 0 Å². The van der Waals surface area contributed by atoms with Gasteiger partial charge in [0.2, 0.25) is 5.13 Å². The van der Waals surface area contributed by atoms with Crippen molar-refractivity contribution < 1.29 is 0 Å². The molecule has 4 nitrogen and oxygen atoms in total. The van der Waals surface area contributed by atoms with Gasteiger partial charge in [-0.15, -0.1) is 10.2 Å². The number of amidine groups is 1. The van der Waals surface area contributed by atoms with Crippen molar-refractivity contribution in [2.75, 3.05) is 0 Å². The Balaban J connectivity index is 2.32. The largest absolute Gasteiger partial charge is 0.387 e. The van der Waals surface area contributed by atoms with Crippen molar-refractivity contribution in [2.24, 2.45) is 10.7 Å². The second-order valence-electron chi connectivity index (χ2n) is 3.01. The number of nitrogens with zero attached hydrogens (tertiary/aromatic N) is 3. The quantitative estimate of drug-likeness (QED) is 0.621. The monoisotopic (exact) mass is 218 g/mol. The van der Waals surface area contributed by atoms with Gasteiger partial charge in [-0.2, -0.15) is 0 Å². The molecule has 0 bridgehead atoms. The highest BCUT2D eigenvalue weighted by Gasteiger charge is 2.04. The topological polar surface area (TPSA) is 64.2 Å². The van der Waals surface area contributed by atoms with Gasteiger partial charge < -0.3 is 5.73 Å². The Morgan fingerprint density at radius 2 is 2.00 bits per heavy atom. The fourth-order valence-electron chi connectivity index (χ4n) is 1.11. The summed E-state index contributed by atoms with van der Waals surface area (Å²) in [5, 5.41) is 9.43. The standard InChI is InChI=1S/C10H10N4S/c1-7(11)12-10-14-13-9(15-10)8-5-3-2-4-6-8/h2-6H,1H3,(H2,11,12,14). The minimum atomic E-state index is 0.491. The highest BCUT2D eigenvalue weighted by Crippen LogP contribution is 2.27. The molecule has 0 aliphatic heterocycles. The molecule has 0 fully saturated rings. The number of hydrogen-bond donors (Lipinski definition) is 1. The first-order valence-corrected chi connectivity index (χ1v) is 5.27. The van der Waals surface area contributed by atoms with Crippen molar-refractivity contribution in [2.45, 2.75) is 6.92 Å². The first-order valence-electron chi connectivity index (χ1n) is 4.45. The smallest absolute Gasteiger partial charge is 0.233 e. The molecule has 0 amide bonds. The van der Waals surface area contributed by atoms with Crippen molar-refractivity contribution in [3.8, 4) is 10.6 Å². The molecule has 0 radical (unpaired) electrons. The van der Waals surface area contributed by atoms with Crippen LogP contribution in [0.3, 0.4) is 0 Å². The normalized spacial score (nSPS) is 11.7. The second kappa shape index (κ2) is 4.18. The summed E-state index contributed by atoms with van der Waals surface area (Å²) in [7, 11) is 0. The third-order valence-corrected chi connectivity index (χ3v) is 2.57. The van der Waals surface area contributed by atoms with Gasteiger partial charge in [-0.05, 0) is 6.92 Å². The molecule has 2 N–H and O–H groups in total. The Morgan fingerprint density at radius 1 is 1.27 bits per heavy atom. The van der Waals surface area contributed by atoms with E-state index < -0.39 is 0 Å². The van der Waals surface area contributed by atoms with Crippen molar-refractivity contribution in [1.82, 2.24) is 10.2 Å². The van der Waals surface area contributed by atoms with Crippen LogP contribution >= 0.6 is 11.3 Å². The molecule has 76 valence electrons. The molecule has 1 aromatic heterocycles. The number of nitrogens with two attached hydrogens (primary N) is 1. The number of rotatable bonds is 2. The van der Waals surface area contributed by atoms with Gasteiger partial charge in [0.15, 0.2) is 0 Å². The van der Waals surface area contributed by atoms with Gasteiger partial charge in [-0.25, -0.2) is 4.99 Å². The summed E-state index contributed by atoms with van der Waals surface area (Å²) in [6.07, 6.45) is 0. The molecule has 15 heavy (non-hydrogen) atoms. The third-order valence-electron chi connectivity index (χ3n) is 1.71. The average Bonchev–Trinajstić information content (AvgIpc) is 2.67. The predicted molar refractivity (Wildman–Crippen MR) is 62.3 cm³/mol. The van der Waals surface area contributed by atoms with Gasteiger partial charge in [0.05, 0.1) is 5.84 Å². The van der Waals surface area contributed by atoms with Crippen LogP contribution < -0.4 is 5.73 Å². The molecular formula is C10H10N4S. The zero-order valence-electron chi connectivity index (χ0n) is 8.21. The van der Waals surface area contributed by atoms with Gasteiger partial charge in [0.1, 0.15) is 5.01 Å². The molecule has 2 aromatic rings. The summed E-state index contributed by atoms with van der Waals surface area (Å²) in [5.41, 5.74) is 6.51. The molecule has 2 rings (SSSR count). The van der Waals surface area contributed by atoms with E-state index >= 15 is 0 Å². The molecule has 0 saturated heterocycles. The predicted octanol–water partition coefficient (Wildman–Crippen LogP) is 2.21. The van der Waals surface area contributed by atoms with Crippen LogP contribution in [0.25, 0.3) is 10.6 Å². The Bertz CT molecular complexity index is 471. The number of aliphatic imine (C=N–C) groups is 1. The Kier molecular flexibility index (Phi) is 2.73. The zero-order valence-corrected chi connectivity index (χ0v) is 9.03. The molecule has 0 aliphatic carbocycles. The Labute approximate surface area is 91.5 Å². The molecule has 0 spiro atoms. The van der Waals surface area contributed by atoms with E-state index in [0.717, 1.165) is 10.6 Å². The van der Waals surface area contributed by atoms with Crippen molar-refractivity contribution in [3.05, 3.63) is 30.3 Å². The zero-order chi connectivity index (χ0) is 10.7. The third kappa shape index (κ3) is 2.38. The second-order valence-corrected chi connectivity index (χ2v) is 3.96. The maximum absolute atomic E-state index is 5.46. The molecule has 0 unspecified atom stereocenters. The van der Waals surface area contributed by atoms with E-state index in [-0.39, 0.29) is 0 Å². The van der Waals surface area contributed by atoms with E-state index in [1.807, 2.05) is 30.3 Å². The fourth-order valence-corrected chi connectivity index (χ4v) is 1.89. The van der Waals surface area contributed by atoms with Crippen LogP contribution in [0, 0.1) is 0 Å². The van der Waals surface area contributed by atoms with Crippen LogP contribution in [0.5, 0.6) is 0 Å². The SMILES string of the molecule is C/C(N)=N/c1nnc(-c2ccccc2)s1. The lowest BCUT2D eigenvalue weighted by molar-refractivity contribution is 1.08. The van der Waals surface area contributed by atoms with Crippen LogP contribution in [0.1, 0.15) is 6.92 Å². The molecule has 0 saturated carbocycles. The van der Waals surface area contributed by atoms with Gasteiger partial charge in [0, 0.05) is 5.56 Å². The first-order chi connectivity index (χ1) is 7.25. The van der Waals surface area contributed by atoms with Gasteiger partial charge >= 0.3 is 0 Å². The van der Waals surface area contributed by atoms with Gasteiger partial charge in [-0.1, -0.05) is 41.7 Å². The molecule has 1 heterocycles. The Morgan fingerprint density at radius 3 is 2.67 bits per heavy atom. The Hall–Kier alpha value is -1.75. The van der Waals surface area contributed by atoms with E-state index in [0.29, 0.717) is 11.0 Å². The lowest BCUT2D eigenvalue weighted by atomic mass is 10.2. The van der Waals surface area contributed by atoms with Crippen LogP contribution in [0.15, 0.2) is 35.3 Å². The molecular weight excluding hydrogens is 208 g/mol. The molecule has 0 aliphatic rings. The first kappa shape index (κ1) is 9.79. The molecule has 5 heteroatoms. The van der Waals surface area contributed by atoms with Crippen molar-refractivity contribution in [3.63, 3.8) is 0 Å². The fraction of sp³-hybridized carbons (Fsp3) is 0.100. The summed E-state index contributed by atoms with van der Waals surface area (Å²) in [5.74, 6) is 0.491. The lowest BCUT2D eigenvalue weighted by Crippen LogP contribution is -2.03. The summed E-state index contributed by atoms with van der Waals surface area (Å²) < 4.78 is 0. The molecule has 0 atom stereocenters. The van der Waals surface area contributed by atoms with E-state index in [4.69, 9.17) is 5.73 Å². The van der Waals surface area contributed by atoms with Gasteiger partial charge in [0.25, 0.3) is 0 Å². The molecule has 1 aromatic carbocycles. The summed E-state index contributed by atoms with van der Waals surface area (Å²) in [6.45, 7) is 1.73. The van der Waals surface area contributed by atoms with Gasteiger partial charge in [-0.3, -0.25) is 0 Å². The van der Waals surface area contributed by atoms with E-state index in [1.165, 1.54) is 11.3 Å². The van der Waals surface area contributed by atoms with Crippen LogP contribution in [0.2, 0.25) is 0 Å². The summed E-state index contributed by atoms with van der Waals surface area (Å²) in [6, 6.07) is 9.88. The average molecular weight is 218 g/mol. The minimum Gasteiger partial charge on any atom is -0.387 e. The van der Waals surface area contributed by atoms with Crippen LogP contribution in [0.4, 0.5) is 5.13 Å². The highest BCUT2D eigenvalue weighted by atomic mass is 32.1. The van der Waals surface area contributed by atoms with Crippen molar-refractivity contribution >= 4 is 22.3 Å². The summed E-state index contributed by atoms with van der Waals surface area (Å²) in [4.78, 5) is 4.04. The number of benzene rings is 1. The number of aromatic nitrogens is 2. The minimum absolute atomic E-state index is 0.491. The van der Waals surface area contributed by atoms with E-state index in [2.05, 4.69) is 15.2 Å². The van der Waals surface area contributed by atoms with E-state index in [1.54, 1.807) is 6.92 Å². The van der Waals surface area contributed by atoms with E-state index in [9.17, 15) is 0 Å². The number of hydrogen-bond acceptors (Lipinski definition) is 4. The van der Waals surface area contributed by atoms with Crippen LogP contribution in [-0.2, 0) is 0 Å².